The van der Waals surface area contributed by atoms with E-state index in [-0.39, 0.29) is 18.0 Å². The molecule has 3 amide bonds. The number of ether oxygens (including phenoxy) is 1. The van der Waals surface area contributed by atoms with Crippen LogP contribution in [0.2, 0.25) is 0 Å². The van der Waals surface area contributed by atoms with Crippen molar-refractivity contribution in [1.29, 1.82) is 5.26 Å². The Morgan fingerprint density at radius 1 is 1.11 bits per heavy atom. The van der Waals surface area contributed by atoms with Crippen molar-refractivity contribution in [3.8, 4) is 6.07 Å². The SMILES string of the molecule is CN(C(=O)[C@@H]1CC2(C)C[C@H]3C(=O)N(c4ccc(C#N)c(C(F)(F)F)c4)C(=O)C3C1(C)O2)c1ccccc1. The molecule has 2 bridgehead atoms. The zero-order chi connectivity index (χ0) is 26.9. The number of carbonyl (C=O) groups excluding carboxylic acids is 3. The van der Waals surface area contributed by atoms with E-state index in [0.29, 0.717) is 18.2 Å². The molecule has 3 fully saturated rings. The highest BCUT2D eigenvalue weighted by Crippen LogP contribution is 2.59. The number of halogens is 3. The molecule has 3 heterocycles. The Morgan fingerprint density at radius 3 is 2.41 bits per heavy atom. The van der Waals surface area contributed by atoms with E-state index < -0.39 is 58.1 Å². The van der Waals surface area contributed by atoms with E-state index >= 15 is 0 Å². The molecule has 3 unspecified atom stereocenters. The summed E-state index contributed by atoms with van der Waals surface area (Å²) in [6, 6.07) is 13.2. The summed E-state index contributed by atoms with van der Waals surface area (Å²) in [5.74, 6) is -4.24. The minimum Gasteiger partial charge on any atom is -0.367 e. The molecular formula is C27H24F3N3O4. The molecule has 37 heavy (non-hydrogen) atoms. The van der Waals surface area contributed by atoms with Crippen molar-refractivity contribution in [2.24, 2.45) is 17.8 Å². The normalized spacial score (nSPS) is 30.7. The predicted octanol–water partition coefficient (Wildman–Crippen LogP) is 4.30. The number of hydrogen-bond donors (Lipinski definition) is 0. The van der Waals surface area contributed by atoms with Gasteiger partial charge in [-0.3, -0.25) is 14.4 Å². The fraction of sp³-hybridized carbons (Fsp3) is 0.407. The predicted molar refractivity (Wildman–Crippen MR) is 126 cm³/mol. The van der Waals surface area contributed by atoms with E-state index in [0.717, 1.165) is 17.0 Å². The summed E-state index contributed by atoms with van der Waals surface area (Å²) in [4.78, 5) is 43.2. The number of imide groups is 1. The smallest absolute Gasteiger partial charge is 0.367 e. The van der Waals surface area contributed by atoms with Crippen LogP contribution in [0.1, 0.15) is 37.8 Å². The summed E-state index contributed by atoms with van der Waals surface area (Å²) in [5.41, 5.74) is -3.63. The second-order valence-electron chi connectivity index (χ2n) is 10.4. The second-order valence-corrected chi connectivity index (χ2v) is 10.4. The molecule has 3 saturated heterocycles. The Bertz CT molecular complexity index is 1350. The maximum atomic E-state index is 13.7. The van der Waals surface area contributed by atoms with Gasteiger partial charge in [0, 0.05) is 12.7 Å². The van der Waals surface area contributed by atoms with Crippen LogP contribution in [0.25, 0.3) is 0 Å². The van der Waals surface area contributed by atoms with Crippen LogP contribution in [-0.4, -0.2) is 36.0 Å². The van der Waals surface area contributed by atoms with Crippen molar-refractivity contribution < 1.29 is 32.3 Å². The van der Waals surface area contributed by atoms with Gasteiger partial charge in [0.15, 0.2) is 0 Å². The quantitative estimate of drug-likeness (QED) is 0.573. The van der Waals surface area contributed by atoms with E-state index in [9.17, 15) is 27.6 Å². The minimum absolute atomic E-state index is 0.162. The van der Waals surface area contributed by atoms with Gasteiger partial charge in [0.2, 0.25) is 17.7 Å². The number of benzene rings is 2. The fourth-order valence-corrected chi connectivity index (χ4v) is 6.33. The lowest BCUT2D eigenvalue weighted by atomic mass is 9.73. The third kappa shape index (κ3) is 3.72. The number of alkyl halides is 3. The van der Waals surface area contributed by atoms with Crippen LogP contribution in [0.4, 0.5) is 24.5 Å². The van der Waals surface area contributed by atoms with Crippen molar-refractivity contribution >= 4 is 29.1 Å². The molecule has 3 aliphatic rings. The molecule has 0 aromatic heterocycles. The second kappa shape index (κ2) is 8.15. The number of nitrogens with zero attached hydrogens (tertiary/aromatic N) is 3. The summed E-state index contributed by atoms with van der Waals surface area (Å²) >= 11 is 0. The number of amides is 3. The molecule has 0 N–H and O–H groups in total. The molecule has 2 aromatic rings. The van der Waals surface area contributed by atoms with Gasteiger partial charge in [-0.1, -0.05) is 18.2 Å². The molecule has 0 aliphatic carbocycles. The van der Waals surface area contributed by atoms with Crippen molar-refractivity contribution in [1.82, 2.24) is 0 Å². The average molecular weight is 512 g/mol. The summed E-state index contributed by atoms with van der Waals surface area (Å²) in [7, 11) is 1.63. The van der Waals surface area contributed by atoms with Crippen molar-refractivity contribution in [3.63, 3.8) is 0 Å². The van der Waals surface area contributed by atoms with Gasteiger partial charge in [-0.2, -0.15) is 18.4 Å². The first-order valence-electron chi connectivity index (χ1n) is 11.8. The summed E-state index contributed by atoms with van der Waals surface area (Å²) in [6.07, 6.45) is -4.38. The molecule has 10 heteroatoms. The average Bonchev–Trinajstić information content (AvgIpc) is 3.23. The van der Waals surface area contributed by atoms with E-state index in [4.69, 9.17) is 10.00 Å². The number of nitriles is 1. The van der Waals surface area contributed by atoms with Crippen LogP contribution in [0.5, 0.6) is 0 Å². The zero-order valence-corrected chi connectivity index (χ0v) is 20.4. The van der Waals surface area contributed by atoms with Gasteiger partial charge >= 0.3 is 6.18 Å². The number of anilines is 2. The summed E-state index contributed by atoms with van der Waals surface area (Å²) < 4.78 is 47.1. The van der Waals surface area contributed by atoms with Gasteiger partial charge in [0.25, 0.3) is 0 Å². The number of hydrogen-bond acceptors (Lipinski definition) is 5. The van der Waals surface area contributed by atoms with Crippen LogP contribution in [0.15, 0.2) is 48.5 Å². The van der Waals surface area contributed by atoms with Gasteiger partial charge in [0.05, 0.1) is 51.8 Å². The Balaban J connectivity index is 1.53. The Kier molecular flexibility index (Phi) is 5.50. The van der Waals surface area contributed by atoms with E-state index in [2.05, 4.69) is 0 Å². The van der Waals surface area contributed by atoms with Gasteiger partial charge < -0.3 is 9.64 Å². The maximum Gasteiger partial charge on any atom is 0.417 e. The largest absolute Gasteiger partial charge is 0.417 e. The number of para-hydroxylation sites is 1. The molecule has 2 aromatic carbocycles. The Labute approximate surface area is 211 Å². The van der Waals surface area contributed by atoms with E-state index in [1.807, 2.05) is 6.07 Å². The molecule has 192 valence electrons. The lowest BCUT2D eigenvalue weighted by Gasteiger charge is -2.43. The van der Waals surface area contributed by atoms with Gasteiger partial charge in [0.1, 0.15) is 0 Å². The van der Waals surface area contributed by atoms with Gasteiger partial charge in [-0.15, -0.1) is 0 Å². The van der Waals surface area contributed by atoms with Crippen molar-refractivity contribution in [2.45, 2.75) is 44.1 Å². The molecule has 0 saturated carbocycles. The van der Waals surface area contributed by atoms with Gasteiger partial charge in [-0.05, 0) is 57.0 Å². The maximum absolute atomic E-state index is 13.7. The molecule has 3 aliphatic heterocycles. The molecule has 0 spiro atoms. The lowest BCUT2D eigenvalue weighted by molar-refractivity contribution is -0.183. The van der Waals surface area contributed by atoms with Crippen molar-refractivity contribution in [3.05, 3.63) is 59.7 Å². The first-order chi connectivity index (χ1) is 17.3. The van der Waals surface area contributed by atoms with E-state index in [1.165, 1.54) is 11.0 Å². The highest BCUT2D eigenvalue weighted by molar-refractivity contribution is 6.23. The first-order valence-corrected chi connectivity index (χ1v) is 11.8. The van der Waals surface area contributed by atoms with Crippen molar-refractivity contribution in [2.75, 3.05) is 16.8 Å². The fourth-order valence-electron chi connectivity index (χ4n) is 6.33. The number of carbonyl (C=O) groups is 3. The minimum atomic E-state index is -4.85. The van der Waals surface area contributed by atoms with Crippen LogP contribution in [0, 0.1) is 29.1 Å². The monoisotopic (exact) mass is 511 g/mol. The Hall–Kier alpha value is -3.71. The van der Waals surface area contributed by atoms with Gasteiger partial charge in [-0.25, -0.2) is 4.90 Å². The molecule has 5 rings (SSSR count). The summed E-state index contributed by atoms with van der Waals surface area (Å²) in [6.45, 7) is 3.44. The standard InChI is InChI=1S/C27H24F3N3O4/c1-25-12-18-21(26(2,37-25)20(13-25)23(35)32(3)16-7-5-4-6-8-16)24(36)33(22(18)34)17-10-9-15(14-31)19(11-17)27(28,29)30/h4-11,18,20-21H,12-13H2,1-3H3/t18-,20+,21?,25?,26?/m1/s1. The van der Waals surface area contributed by atoms with Crippen LogP contribution >= 0.6 is 0 Å². The van der Waals surface area contributed by atoms with Crippen LogP contribution in [0.3, 0.4) is 0 Å². The highest BCUT2D eigenvalue weighted by atomic mass is 19.4. The molecule has 0 radical (unpaired) electrons. The third-order valence-corrected chi connectivity index (χ3v) is 7.95. The third-order valence-electron chi connectivity index (χ3n) is 7.95. The van der Waals surface area contributed by atoms with E-state index in [1.54, 1.807) is 45.2 Å². The summed E-state index contributed by atoms with van der Waals surface area (Å²) in [5, 5.41) is 9.10. The first kappa shape index (κ1) is 25.0. The number of fused-ring (bicyclic) bond motifs is 4. The Morgan fingerprint density at radius 2 is 1.78 bits per heavy atom. The lowest BCUT2D eigenvalue weighted by Crippen LogP contribution is -2.54. The molecule has 5 atom stereocenters. The number of rotatable bonds is 3. The molecule has 7 nitrogen and oxygen atoms in total. The highest BCUT2D eigenvalue weighted by Gasteiger charge is 2.70. The molecular weight excluding hydrogens is 487 g/mol. The zero-order valence-electron chi connectivity index (χ0n) is 20.4. The topological polar surface area (TPSA) is 90.7 Å². The van der Waals surface area contributed by atoms with Crippen LogP contribution in [-0.2, 0) is 25.3 Å². The van der Waals surface area contributed by atoms with Crippen LogP contribution < -0.4 is 9.80 Å².